The van der Waals surface area contributed by atoms with Gasteiger partial charge in [-0.15, -0.1) is 0 Å². The molecular formula is C13H10BrN3O4. The van der Waals surface area contributed by atoms with Crippen LogP contribution in [0, 0.1) is 0 Å². The lowest BCUT2D eigenvalue weighted by Crippen LogP contribution is -2.19. The van der Waals surface area contributed by atoms with Crippen molar-refractivity contribution in [3.8, 4) is 11.5 Å². The lowest BCUT2D eigenvalue weighted by Gasteiger charge is -2.20. The van der Waals surface area contributed by atoms with E-state index >= 15 is 0 Å². The van der Waals surface area contributed by atoms with Crippen LogP contribution in [0.5, 0.6) is 11.5 Å². The Hall–Kier alpha value is -2.35. The standard InChI is InChI=1S/C13H10BrN3O4/c14-7-5-10-11(21-4-3-20-10)6-9(7)15-13(19)8-1-2-12(18)17-16-8/h1-2,5-6H,3-4H2,(H,15,19)(H,17,18). The molecule has 7 nitrogen and oxygen atoms in total. The van der Waals surface area contributed by atoms with E-state index in [-0.39, 0.29) is 11.3 Å². The van der Waals surface area contributed by atoms with E-state index in [4.69, 9.17) is 9.47 Å². The van der Waals surface area contributed by atoms with E-state index in [9.17, 15) is 9.59 Å². The number of nitrogens with one attached hydrogen (secondary N) is 2. The maximum Gasteiger partial charge on any atom is 0.276 e. The van der Waals surface area contributed by atoms with Crippen LogP contribution < -0.4 is 20.3 Å². The van der Waals surface area contributed by atoms with E-state index in [1.165, 1.54) is 12.1 Å². The Morgan fingerprint density at radius 3 is 2.62 bits per heavy atom. The van der Waals surface area contributed by atoms with Gasteiger partial charge in [0.1, 0.15) is 18.9 Å². The number of anilines is 1. The molecule has 108 valence electrons. The van der Waals surface area contributed by atoms with E-state index in [0.29, 0.717) is 34.9 Å². The van der Waals surface area contributed by atoms with Crippen LogP contribution >= 0.6 is 15.9 Å². The number of ether oxygens (including phenoxy) is 2. The molecule has 1 aliphatic heterocycles. The summed E-state index contributed by atoms with van der Waals surface area (Å²) in [5, 5.41) is 8.57. The van der Waals surface area contributed by atoms with Crippen LogP contribution in [0.15, 0.2) is 33.5 Å². The van der Waals surface area contributed by atoms with Crippen molar-refractivity contribution in [2.45, 2.75) is 0 Å². The summed E-state index contributed by atoms with van der Waals surface area (Å²) in [5.74, 6) is 0.742. The number of rotatable bonds is 2. The van der Waals surface area contributed by atoms with Gasteiger partial charge in [0, 0.05) is 22.7 Å². The summed E-state index contributed by atoms with van der Waals surface area (Å²) < 4.78 is 11.6. The lowest BCUT2D eigenvalue weighted by molar-refractivity contribution is 0.102. The Labute approximate surface area is 127 Å². The maximum absolute atomic E-state index is 12.1. The number of aromatic nitrogens is 2. The normalized spacial score (nSPS) is 12.8. The number of halogens is 1. The minimum Gasteiger partial charge on any atom is -0.486 e. The minimum atomic E-state index is -0.441. The second-order valence-corrected chi connectivity index (χ2v) is 5.09. The Kier molecular flexibility index (Phi) is 3.61. The molecule has 0 bridgehead atoms. The van der Waals surface area contributed by atoms with Gasteiger partial charge in [0.05, 0.1) is 5.69 Å². The number of carbonyl (C=O) groups excluding carboxylic acids is 1. The van der Waals surface area contributed by atoms with Crippen molar-refractivity contribution in [3.63, 3.8) is 0 Å². The highest BCUT2D eigenvalue weighted by atomic mass is 79.9. The number of hydrogen-bond donors (Lipinski definition) is 2. The van der Waals surface area contributed by atoms with Gasteiger partial charge in [-0.2, -0.15) is 5.10 Å². The van der Waals surface area contributed by atoms with Crippen LogP contribution in [0.1, 0.15) is 10.5 Å². The summed E-state index contributed by atoms with van der Waals surface area (Å²) in [6, 6.07) is 5.98. The van der Waals surface area contributed by atoms with Gasteiger partial charge in [-0.3, -0.25) is 9.59 Å². The largest absolute Gasteiger partial charge is 0.486 e. The molecule has 0 saturated carbocycles. The van der Waals surface area contributed by atoms with Crippen LogP contribution in [0.2, 0.25) is 0 Å². The molecule has 1 aromatic heterocycles. The Balaban J connectivity index is 1.85. The van der Waals surface area contributed by atoms with Gasteiger partial charge in [-0.1, -0.05) is 0 Å². The first-order valence-corrected chi connectivity index (χ1v) is 6.89. The number of nitrogens with zero attached hydrogens (tertiary/aromatic N) is 1. The minimum absolute atomic E-state index is 0.108. The first-order valence-electron chi connectivity index (χ1n) is 6.10. The number of benzene rings is 1. The second-order valence-electron chi connectivity index (χ2n) is 4.24. The molecule has 2 N–H and O–H groups in total. The molecule has 8 heteroatoms. The summed E-state index contributed by atoms with van der Waals surface area (Å²) >= 11 is 3.36. The fraction of sp³-hybridized carbons (Fsp3) is 0.154. The van der Waals surface area contributed by atoms with E-state index in [0.717, 1.165) is 0 Å². The molecule has 2 aromatic rings. The van der Waals surface area contributed by atoms with Crippen molar-refractivity contribution >= 4 is 27.5 Å². The fourth-order valence-corrected chi connectivity index (χ4v) is 2.24. The maximum atomic E-state index is 12.1. The summed E-state index contributed by atoms with van der Waals surface area (Å²) in [6.07, 6.45) is 0. The van der Waals surface area contributed by atoms with Gasteiger partial charge in [0.2, 0.25) is 0 Å². The molecular weight excluding hydrogens is 342 g/mol. The Morgan fingerprint density at radius 2 is 1.95 bits per heavy atom. The number of H-pyrrole nitrogens is 1. The summed E-state index contributed by atoms with van der Waals surface area (Å²) in [4.78, 5) is 23.0. The van der Waals surface area contributed by atoms with Gasteiger partial charge < -0.3 is 14.8 Å². The molecule has 1 aliphatic rings. The first-order chi connectivity index (χ1) is 10.1. The molecule has 0 radical (unpaired) electrons. The first kappa shape index (κ1) is 13.6. The molecule has 2 heterocycles. The third kappa shape index (κ3) is 2.89. The number of fused-ring (bicyclic) bond motifs is 1. The summed E-state index contributed by atoms with van der Waals surface area (Å²) in [7, 11) is 0. The molecule has 21 heavy (non-hydrogen) atoms. The van der Waals surface area contributed by atoms with E-state index in [1.807, 2.05) is 0 Å². The second kappa shape index (κ2) is 5.57. The average molecular weight is 352 g/mol. The molecule has 3 rings (SSSR count). The van der Waals surface area contributed by atoms with Gasteiger partial charge in [-0.25, -0.2) is 5.10 Å². The van der Waals surface area contributed by atoms with Gasteiger partial charge in [-0.05, 0) is 22.0 Å². The number of hydrogen-bond acceptors (Lipinski definition) is 5. The molecule has 0 unspecified atom stereocenters. The van der Waals surface area contributed by atoms with Gasteiger partial charge in [0.25, 0.3) is 11.5 Å². The van der Waals surface area contributed by atoms with Crippen LogP contribution in [-0.4, -0.2) is 29.3 Å². The lowest BCUT2D eigenvalue weighted by atomic mass is 10.2. The molecule has 0 atom stereocenters. The highest BCUT2D eigenvalue weighted by Crippen LogP contribution is 2.38. The van der Waals surface area contributed by atoms with Gasteiger partial charge in [0.15, 0.2) is 11.5 Å². The summed E-state index contributed by atoms with van der Waals surface area (Å²) in [6.45, 7) is 0.954. The fourth-order valence-electron chi connectivity index (χ4n) is 1.82. The van der Waals surface area contributed by atoms with Crippen molar-refractivity contribution < 1.29 is 14.3 Å². The molecule has 1 amide bonds. The van der Waals surface area contributed by atoms with Crippen molar-refractivity contribution in [2.75, 3.05) is 18.5 Å². The highest BCUT2D eigenvalue weighted by molar-refractivity contribution is 9.10. The number of amides is 1. The monoisotopic (exact) mass is 351 g/mol. The third-order valence-corrected chi connectivity index (χ3v) is 3.45. The van der Waals surface area contributed by atoms with E-state index in [1.54, 1.807) is 12.1 Å². The van der Waals surface area contributed by atoms with Crippen LogP contribution in [0.4, 0.5) is 5.69 Å². The smallest absolute Gasteiger partial charge is 0.276 e. The van der Waals surface area contributed by atoms with Crippen LogP contribution in [0.25, 0.3) is 0 Å². The van der Waals surface area contributed by atoms with E-state index < -0.39 is 5.91 Å². The molecule has 1 aromatic carbocycles. The molecule has 0 aliphatic carbocycles. The molecule has 0 fully saturated rings. The van der Waals surface area contributed by atoms with E-state index in [2.05, 4.69) is 31.4 Å². The number of carbonyl (C=O) groups is 1. The quantitative estimate of drug-likeness (QED) is 0.856. The van der Waals surface area contributed by atoms with Crippen molar-refractivity contribution in [1.29, 1.82) is 0 Å². The van der Waals surface area contributed by atoms with Crippen LogP contribution in [0.3, 0.4) is 0 Å². The average Bonchev–Trinajstić information content (AvgIpc) is 2.48. The predicted molar refractivity (Wildman–Crippen MR) is 77.9 cm³/mol. The van der Waals surface area contributed by atoms with Crippen molar-refractivity contribution in [1.82, 2.24) is 10.2 Å². The molecule has 0 saturated heterocycles. The van der Waals surface area contributed by atoms with Gasteiger partial charge >= 0.3 is 0 Å². The third-order valence-electron chi connectivity index (χ3n) is 2.79. The van der Waals surface area contributed by atoms with Crippen molar-refractivity contribution in [2.24, 2.45) is 0 Å². The summed E-state index contributed by atoms with van der Waals surface area (Å²) in [5.41, 5.74) is 0.265. The zero-order chi connectivity index (χ0) is 14.8. The molecule has 0 spiro atoms. The predicted octanol–water partition coefficient (Wildman–Crippen LogP) is 1.56. The zero-order valence-corrected chi connectivity index (χ0v) is 12.3. The zero-order valence-electron chi connectivity index (χ0n) is 10.7. The van der Waals surface area contributed by atoms with Crippen LogP contribution in [-0.2, 0) is 0 Å². The highest BCUT2D eigenvalue weighted by Gasteiger charge is 2.17. The Bertz CT molecular complexity index is 739. The SMILES string of the molecule is O=C(Nc1cc2c(cc1Br)OCCO2)c1ccc(=O)[nH]n1. The van der Waals surface area contributed by atoms with Crippen molar-refractivity contribution in [3.05, 3.63) is 44.8 Å². The topological polar surface area (TPSA) is 93.3 Å². The number of aromatic amines is 1. The Morgan fingerprint density at radius 1 is 1.24 bits per heavy atom.